The van der Waals surface area contributed by atoms with E-state index in [1.807, 2.05) is 6.92 Å². The monoisotopic (exact) mass is 249 g/mol. The summed E-state index contributed by atoms with van der Waals surface area (Å²) in [6.07, 6.45) is 3.04. The molecule has 100 valence electrons. The molecule has 1 unspecified atom stereocenters. The van der Waals surface area contributed by atoms with Crippen molar-refractivity contribution in [3.8, 4) is 0 Å². The zero-order valence-corrected chi connectivity index (χ0v) is 11.6. The number of pyridine rings is 1. The fourth-order valence-corrected chi connectivity index (χ4v) is 2.71. The maximum Gasteiger partial charge on any atom is 0.0717 e. The van der Waals surface area contributed by atoms with Gasteiger partial charge in [-0.3, -0.25) is 4.98 Å². The summed E-state index contributed by atoms with van der Waals surface area (Å²) in [7, 11) is 4.28. The van der Waals surface area contributed by atoms with E-state index in [9.17, 15) is 5.11 Å². The Morgan fingerprint density at radius 3 is 2.94 bits per heavy atom. The second-order valence-electron chi connectivity index (χ2n) is 5.41. The van der Waals surface area contributed by atoms with Gasteiger partial charge in [0.2, 0.25) is 0 Å². The van der Waals surface area contributed by atoms with E-state index in [0.29, 0.717) is 0 Å². The normalized spacial score (nSPS) is 20.3. The van der Waals surface area contributed by atoms with Gasteiger partial charge in [0.1, 0.15) is 0 Å². The molecule has 2 heterocycles. The standard InChI is InChI=1S/C14H23N3O/c1-11-6-14(13(10-18)7-15-11)17(3)9-12-4-5-16(2)8-12/h6-7,12,18H,4-5,8-10H2,1-3H3. The lowest BCUT2D eigenvalue weighted by atomic mass is 10.1. The third-order valence-electron chi connectivity index (χ3n) is 3.70. The van der Waals surface area contributed by atoms with Crippen LogP contribution in [-0.4, -0.2) is 48.7 Å². The van der Waals surface area contributed by atoms with E-state index < -0.39 is 0 Å². The van der Waals surface area contributed by atoms with E-state index >= 15 is 0 Å². The number of hydrogen-bond acceptors (Lipinski definition) is 4. The van der Waals surface area contributed by atoms with Gasteiger partial charge in [-0.15, -0.1) is 0 Å². The molecule has 1 aliphatic rings. The Bertz CT molecular complexity index is 408. The zero-order valence-electron chi connectivity index (χ0n) is 11.6. The van der Waals surface area contributed by atoms with Crippen LogP contribution in [0.5, 0.6) is 0 Å². The molecule has 0 bridgehead atoms. The average molecular weight is 249 g/mol. The number of aliphatic hydroxyl groups is 1. The molecule has 0 amide bonds. The minimum atomic E-state index is 0.0531. The summed E-state index contributed by atoms with van der Waals surface area (Å²) >= 11 is 0. The Morgan fingerprint density at radius 2 is 2.33 bits per heavy atom. The Morgan fingerprint density at radius 1 is 1.56 bits per heavy atom. The summed E-state index contributed by atoms with van der Waals surface area (Å²) in [6.45, 7) is 5.45. The van der Waals surface area contributed by atoms with Crippen molar-refractivity contribution >= 4 is 5.69 Å². The van der Waals surface area contributed by atoms with Crippen LogP contribution < -0.4 is 4.90 Å². The zero-order chi connectivity index (χ0) is 13.1. The molecule has 0 radical (unpaired) electrons. The molecular weight excluding hydrogens is 226 g/mol. The van der Waals surface area contributed by atoms with Crippen molar-refractivity contribution < 1.29 is 5.11 Å². The van der Waals surface area contributed by atoms with Crippen molar-refractivity contribution in [3.05, 3.63) is 23.5 Å². The van der Waals surface area contributed by atoms with Gasteiger partial charge < -0.3 is 14.9 Å². The lowest BCUT2D eigenvalue weighted by Crippen LogP contribution is -2.28. The largest absolute Gasteiger partial charge is 0.392 e. The minimum absolute atomic E-state index is 0.0531. The Labute approximate surface area is 109 Å². The number of nitrogens with zero attached hydrogens (tertiary/aromatic N) is 3. The van der Waals surface area contributed by atoms with Crippen LogP contribution in [0.4, 0.5) is 5.69 Å². The quantitative estimate of drug-likeness (QED) is 0.872. The second-order valence-corrected chi connectivity index (χ2v) is 5.41. The topological polar surface area (TPSA) is 39.6 Å². The highest BCUT2D eigenvalue weighted by molar-refractivity contribution is 5.52. The van der Waals surface area contributed by atoms with Gasteiger partial charge in [0.15, 0.2) is 0 Å². The van der Waals surface area contributed by atoms with E-state index in [0.717, 1.165) is 29.4 Å². The van der Waals surface area contributed by atoms with Gasteiger partial charge in [0.25, 0.3) is 0 Å². The SMILES string of the molecule is Cc1cc(N(C)CC2CCN(C)C2)c(CO)cn1. The van der Waals surface area contributed by atoms with Crippen LogP contribution >= 0.6 is 0 Å². The average Bonchev–Trinajstić information content (AvgIpc) is 2.74. The number of aryl methyl sites for hydroxylation is 1. The van der Waals surface area contributed by atoms with Gasteiger partial charge in [-0.2, -0.15) is 0 Å². The molecule has 1 fully saturated rings. The first-order valence-electron chi connectivity index (χ1n) is 6.56. The molecule has 1 aromatic heterocycles. The summed E-state index contributed by atoms with van der Waals surface area (Å²) in [5.74, 6) is 0.722. The van der Waals surface area contributed by atoms with E-state index in [2.05, 4.69) is 34.9 Å². The third-order valence-corrected chi connectivity index (χ3v) is 3.70. The molecule has 18 heavy (non-hydrogen) atoms. The lowest BCUT2D eigenvalue weighted by Gasteiger charge is -2.25. The van der Waals surface area contributed by atoms with Gasteiger partial charge >= 0.3 is 0 Å². The highest BCUT2D eigenvalue weighted by atomic mass is 16.3. The smallest absolute Gasteiger partial charge is 0.0717 e. The summed E-state index contributed by atoms with van der Waals surface area (Å²) in [6, 6.07) is 2.06. The van der Waals surface area contributed by atoms with Crippen molar-refractivity contribution in [2.45, 2.75) is 20.0 Å². The first-order chi connectivity index (χ1) is 8.60. The molecule has 1 atom stereocenters. The van der Waals surface area contributed by atoms with Crippen molar-refractivity contribution in [1.82, 2.24) is 9.88 Å². The number of hydrogen-bond donors (Lipinski definition) is 1. The minimum Gasteiger partial charge on any atom is -0.392 e. The fourth-order valence-electron chi connectivity index (χ4n) is 2.71. The van der Waals surface area contributed by atoms with Crippen molar-refractivity contribution in [2.24, 2.45) is 5.92 Å². The van der Waals surface area contributed by atoms with E-state index in [-0.39, 0.29) is 6.61 Å². The van der Waals surface area contributed by atoms with Crippen LogP contribution in [0, 0.1) is 12.8 Å². The lowest BCUT2D eigenvalue weighted by molar-refractivity contribution is 0.281. The third kappa shape index (κ3) is 3.00. The highest BCUT2D eigenvalue weighted by Gasteiger charge is 2.21. The highest BCUT2D eigenvalue weighted by Crippen LogP contribution is 2.23. The van der Waals surface area contributed by atoms with Crippen LogP contribution in [0.3, 0.4) is 0 Å². The van der Waals surface area contributed by atoms with E-state index in [1.165, 1.54) is 19.5 Å². The summed E-state index contributed by atoms with van der Waals surface area (Å²) < 4.78 is 0. The molecule has 0 aliphatic carbocycles. The number of aromatic nitrogens is 1. The van der Waals surface area contributed by atoms with Gasteiger partial charge in [-0.1, -0.05) is 0 Å². The van der Waals surface area contributed by atoms with Crippen LogP contribution in [0.1, 0.15) is 17.7 Å². The van der Waals surface area contributed by atoms with E-state index in [1.54, 1.807) is 6.20 Å². The Hall–Kier alpha value is -1.13. The molecule has 1 N–H and O–H groups in total. The predicted octanol–water partition coefficient (Wildman–Crippen LogP) is 1.27. The summed E-state index contributed by atoms with van der Waals surface area (Å²) in [5, 5.41) is 9.39. The van der Waals surface area contributed by atoms with Crippen LogP contribution in [0.15, 0.2) is 12.3 Å². The first-order valence-corrected chi connectivity index (χ1v) is 6.56. The number of likely N-dealkylation sites (tertiary alicyclic amines) is 1. The number of rotatable bonds is 4. The van der Waals surface area contributed by atoms with Gasteiger partial charge in [-0.25, -0.2) is 0 Å². The molecule has 4 heteroatoms. The maximum absolute atomic E-state index is 9.39. The fraction of sp³-hybridized carbons (Fsp3) is 0.643. The maximum atomic E-state index is 9.39. The second kappa shape index (κ2) is 5.67. The number of anilines is 1. The van der Waals surface area contributed by atoms with Crippen LogP contribution in [0.2, 0.25) is 0 Å². The molecule has 0 aromatic carbocycles. The van der Waals surface area contributed by atoms with Crippen molar-refractivity contribution in [1.29, 1.82) is 0 Å². The van der Waals surface area contributed by atoms with E-state index in [4.69, 9.17) is 0 Å². The molecule has 2 rings (SSSR count). The molecular formula is C14H23N3O. The molecule has 1 aromatic rings. The first kappa shape index (κ1) is 13.3. The number of aliphatic hydroxyl groups excluding tert-OH is 1. The molecule has 4 nitrogen and oxygen atoms in total. The Kier molecular flexibility index (Phi) is 4.19. The van der Waals surface area contributed by atoms with Crippen molar-refractivity contribution in [2.75, 3.05) is 38.6 Å². The molecule has 0 spiro atoms. The van der Waals surface area contributed by atoms with Gasteiger partial charge in [-0.05, 0) is 38.9 Å². The molecule has 1 aliphatic heterocycles. The van der Waals surface area contributed by atoms with Crippen molar-refractivity contribution in [3.63, 3.8) is 0 Å². The van der Waals surface area contributed by atoms with Gasteiger partial charge in [0, 0.05) is 43.3 Å². The predicted molar refractivity (Wildman–Crippen MR) is 73.8 cm³/mol. The molecule has 1 saturated heterocycles. The summed E-state index contributed by atoms with van der Waals surface area (Å²) in [5.41, 5.74) is 3.02. The molecule has 0 saturated carbocycles. The Balaban J connectivity index is 2.08. The van der Waals surface area contributed by atoms with Gasteiger partial charge in [0.05, 0.1) is 6.61 Å². The van der Waals surface area contributed by atoms with Crippen LogP contribution in [-0.2, 0) is 6.61 Å². The van der Waals surface area contributed by atoms with Crippen LogP contribution in [0.25, 0.3) is 0 Å². The summed E-state index contributed by atoms with van der Waals surface area (Å²) in [4.78, 5) is 8.87.